The molecule has 1 heterocycles. The molecule has 1 aliphatic heterocycles. The molecule has 0 spiro atoms. The molecule has 0 radical (unpaired) electrons. The van der Waals surface area contributed by atoms with Crippen LogP contribution >= 0.6 is 0 Å². The quantitative estimate of drug-likeness (QED) is 0.150. The number of hydrogen-bond donors (Lipinski definition) is 5. The Morgan fingerprint density at radius 1 is 0.755 bits per heavy atom. The summed E-state index contributed by atoms with van der Waals surface area (Å²) in [5, 5.41) is 8.48. The van der Waals surface area contributed by atoms with Crippen LogP contribution in [-0.2, 0) is 32.0 Å². The lowest BCUT2D eigenvalue weighted by atomic mass is 9.88. The molecule has 3 rings (SSSR count). The Morgan fingerprint density at radius 3 is 1.86 bits per heavy atom. The van der Waals surface area contributed by atoms with E-state index >= 15 is 0 Å². The maximum absolute atomic E-state index is 14.0. The van der Waals surface area contributed by atoms with Gasteiger partial charge in [0, 0.05) is 45.6 Å². The van der Waals surface area contributed by atoms with Gasteiger partial charge in [0.2, 0.25) is 17.7 Å². The number of amides is 5. The Balaban J connectivity index is 1.75. The van der Waals surface area contributed by atoms with Crippen molar-refractivity contribution >= 4 is 29.5 Å². The molecule has 49 heavy (non-hydrogen) atoms. The van der Waals surface area contributed by atoms with E-state index in [0.29, 0.717) is 64.8 Å². The fraction of sp³-hybridized carbons (Fsp3) is 0.541. The van der Waals surface area contributed by atoms with Crippen molar-refractivity contribution in [3.8, 4) is 0 Å². The number of nitrogens with two attached hydrogens (primary N) is 2. The Kier molecular flexibility index (Phi) is 16.2. The molecular formula is C37H55N7O5. The van der Waals surface area contributed by atoms with Crippen molar-refractivity contribution in [3.05, 3.63) is 71.8 Å². The third-order valence-corrected chi connectivity index (χ3v) is 8.85. The van der Waals surface area contributed by atoms with E-state index in [9.17, 15) is 24.0 Å². The lowest BCUT2D eigenvalue weighted by molar-refractivity contribution is -0.139. The Bertz CT molecular complexity index is 1350. The zero-order valence-electron chi connectivity index (χ0n) is 29.2. The van der Waals surface area contributed by atoms with Crippen molar-refractivity contribution in [2.45, 2.75) is 76.9 Å². The van der Waals surface area contributed by atoms with Gasteiger partial charge < -0.3 is 37.2 Å². The second-order valence-electron chi connectivity index (χ2n) is 13.3. The summed E-state index contributed by atoms with van der Waals surface area (Å²) in [6, 6.07) is 16.1. The van der Waals surface area contributed by atoms with Gasteiger partial charge in [0.05, 0.1) is 12.1 Å². The molecule has 12 heteroatoms. The molecule has 0 bridgehead atoms. The minimum Gasteiger partial charge on any atom is -0.345 e. The molecule has 0 unspecified atom stereocenters. The molecule has 0 aliphatic carbocycles. The van der Waals surface area contributed by atoms with E-state index in [4.69, 9.17) is 11.5 Å². The number of Topliss-reactive ketones (excluding diaryl/α,β-unsaturated/α-hetero) is 1. The third-order valence-electron chi connectivity index (χ3n) is 8.85. The van der Waals surface area contributed by atoms with Gasteiger partial charge in [-0.05, 0) is 62.1 Å². The summed E-state index contributed by atoms with van der Waals surface area (Å²) in [6.07, 6.45) is 2.64. The number of ketones is 1. The lowest BCUT2D eigenvalue weighted by Gasteiger charge is -2.36. The maximum Gasteiger partial charge on any atom is 0.317 e. The lowest BCUT2D eigenvalue weighted by Crippen LogP contribution is -2.57. The largest absolute Gasteiger partial charge is 0.345 e. The maximum atomic E-state index is 14.0. The molecule has 2 aromatic rings. The highest BCUT2D eigenvalue weighted by atomic mass is 16.2. The molecule has 0 aromatic heterocycles. The topological polar surface area (TPSA) is 180 Å². The van der Waals surface area contributed by atoms with Crippen LogP contribution in [0.15, 0.2) is 60.7 Å². The SMILES string of the molecule is CNC(=O)N1CCN(C(=O)[C@@H](CCCCN)NC(=O)[C@H](CC(=O)[C@@H](Cc2ccccc2)NC(=O)[C@H](N)Cc2ccccc2)CC(C)C)CC1. The van der Waals surface area contributed by atoms with Gasteiger partial charge >= 0.3 is 6.03 Å². The summed E-state index contributed by atoms with van der Waals surface area (Å²) >= 11 is 0. The van der Waals surface area contributed by atoms with Crippen LogP contribution in [-0.4, -0.2) is 97.2 Å². The standard InChI is InChI=1S/C37H55N7O5/c1-26(2)22-29(34(46)41-31(16-10-11-17-38)36(48)43-18-20-44(21-19-43)37(49)40-3)25-33(45)32(24-28-14-8-5-9-15-28)42-35(47)30(39)23-27-12-6-4-7-13-27/h4-9,12-15,26,29-32H,10-11,16-25,38-39H2,1-3H3,(H,40,49)(H,41,46)(H,42,47)/t29-,30+,31+,32+/m0/s1. The van der Waals surface area contributed by atoms with Crippen molar-refractivity contribution in [2.75, 3.05) is 39.8 Å². The highest BCUT2D eigenvalue weighted by Crippen LogP contribution is 2.20. The van der Waals surface area contributed by atoms with Crippen molar-refractivity contribution in [2.24, 2.45) is 23.3 Å². The zero-order chi connectivity index (χ0) is 35.8. The number of hydrogen-bond acceptors (Lipinski definition) is 7. The molecule has 1 aliphatic rings. The number of piperazine rings is 1. The average molecular weight is 678 g/mol. The molecular weight excluding hydrogens is 622 g/mol. The second kappa shape index (κ2) is 20.3. The third kappa shape index (κ3) is 12.9. The summed E-state index contributed by atoms with van der Waals surface area (Å²) < 4.78 is 0. The number of unbranched alkanes of at least 4 members (excludes halogenated alkanes) is 1. The van der Waals surface area contributed by atoms with Crippen LogP contribution in [0.4, 0.5) is 4.79 Å². The molecule has 1 fully saturated rings. The van der Waals surface area contributed by atoms with Gasteiger partial charge in [-0.15, -0.1) is 0 Å². The minimum absolute atomic E-state index is 0.0918. The first-order valence-electron chi connectivity index (χ1n) is 17.4. The number of nitrogens with one attached hydrogen (secondary N) is 3. The number of carbonyl (C=O) groups excluding carboxylic acids is 5. The fourth-order valence-corrected chi connectivity index (χ4v) is 6.12. The van der Waals surface area contributed by atoms with Crippen LogP contribution in [0.2, 0.25) is 0 Å². The van der Waals surface area contributed by atoms with Gasteiger partial charge in [0.25, 0.3) is 0 Å². The first kappa shape index (κ1) is 39.2. The predicted molar refractivity (Wildman–Crippen MR) is 190 cm³/mol. The van der Waals surface area contributed by atoms with Gasteiger partial charge in [-0.3, -0.25) is 19.2 Å². The average Bonchev–Trinajstić information content (AvgIpc) is 3.10. The van der Waals surface area contributed by atoms with E-state index in [2.05, 4.69) is 16.0 Å². The van der Waals surface area contributed by atoms with Crippen LogP contribution in [0.25, 0.3) is 0 Å². The fourth-order valence-electron chi connectivity index (χ4n) is 6.12. The molecule has 268 valence electrons. The minimum atomic E-state index is -0.891. The zero-order valence-corrected chi connectivity index (χ0v) is 29.2. The molecule has 4 atom stereocenters. The van der Waals surface area contributed by atoms with Gasteiger partial charge in [-0.1, -0.05) is 74.5 Å². The highest BCUT2D eigenvalue weighted by Gasteiger charge is 2.34. The van der Waals surface area contributed by atoms with Crippen LogP contribution in [0, 0.1) is 11.8 Å². The van der Waals surface area contributed by atoms with E-state index in [-0.39, 0.29) is 42.4 Å². The Hall–Kier alpha value is -4.29. The Morgan fingerprint density at radius 2 is 1.31 bits per heavy atom. The van der Waals surface area contributed by atoms with E-state index < -0.39 is 30.0 Å². The second-order valence-corrected chi connectivity index (χ2v) is 13.3. The first-order valence-corrected chi connectivity index (χ1v) is 17.4. The molecule has 5 amide bonds. The summed E-state index contributed by atoms with van der Waals surface area (Å²) in [7, 11) is 1.57. The van der Waals surface area contributed by atoms with E-state index in [0.717, 1.165) is 11.1 Å². The van der Waals surface area contributed by atoms with E-state index in [1.54, 1.807) is 16.8 Å². The van der Waals surface area contributed by atoms with Crippen molar-refractivity contribution in [1.82, 2.24) is 25.8 Å². The van der Waals surface area contributed by atoms with E-state index in [1.165, 1.54) is 0 Å². The highest BCUT2D eigenvalue weighted by molar-refractivity contribution is 5.95. The van der Waals surface area contributed by atoms with Gasteiger partial charge in [-0.2, -0.15) is 0 Å². The van der Waals surface area contributed by atoms with Crippen LogP contribution < -0.4 is 27.4 Å². The number of urea groups is 1. The van der Waals surface area contributed by atoms with Gasteiger partial charge in [0.1, 0.15) is 6.04 Å². The predicted octanol–water partition coefficient (Wildman–Crippen LogP) is 2.00. The molecule has 7 N–H and O–H groups in total. The molecule has 1 saturated heterocycles. The number of benzene rings is 2. The van der Waals surface area contributed by atoms with Gasteiger partial charge in [-0.25, -0.2) is 4.79 Å². The Labute approximate surface area is 290 Å². The molecule has 0 saturated carbocycles. The van der Waals surface area contributed by atoms with E-state index in [1.807, 2.05) is 74.5 Å². The molecule has 12 nitrogen and oxygen atoms in total. The summed E-state index contributed by atoms with van der Waals surface area (Å²) in [5.74, 6) is -1.92. The normalized spacial score (nSPS) is 15.6. The number of nitrogens with zero attached hydrogens (tertiary/aromatic N) is 2. The van der Waals surface area contributed by atoms with Crippen LogP contribution in [0.1, 0.15) is 57.1 Å². The van der Waals surface area contributed by atoms with Crippen molar-refractivity contribution in [1.29, 1.82) is 0 Å². The monoisotopic (exact) mass is 677 g/mol. The smallest absolute Gasteiger partial charge is 0.317 e. The molecule has 2 aromatic carbocycles. The number of carbonyl (C=O) groups is 5. The van der Waals surface area contributed by atoms with Crippen LogP contribution in [0.3, 0.4) is 0 Å². The summed E-state index contributed by atoms with van der Waals surface area (Å²) in [6.45, 7) is 5.92. The van der Waals surface area contributed by atoms with Gasteiger partial charge in [0.15, 0.2) is 5.78 Å². The first-order chi connectivity index (χ1) is 23.5. The summed E-state index contributed by atoms with van der Waals surface area (Å²) in [4.78, 5) is 70.3. The van der Waals surface area contributed by atoms with Crippen molar-refractivity contribution < 1.29 is 24.0 Å². The van der Waals surface area contributed by atoms with Crippen molar-refractivity contribution in [3.63, 3.8) is 0 Å². The number of rotatable bonds is 18. The van der Waals surface area contributed by atoms with Crippen LogP contribution in [0.5, 0.6) is 0 Å². The summed E-state index contributed by atoms with van der Waals surface area (Å²) in [5.41, 5.74) is 13.8.